The van der Waals surface area contributed by atoms with Gasteiger partial charge < -0.3 is 14.9 Å². The van der Waals surface area contributed by atoms with E-state index < -0.39 is 18.2 Å². The summed E-state index contributed by atoms with van der Waals surface area (Å²) in [5.41, 5.74) is 0.492. The van der Waals surface area contributed by atoms with Gasteiger partial charge in [-0.3, -0.25) is 0 Å². The summed E-state index contributed by atoms with van der Waals surface area (Å²) in [6, 6.07) is 4.59. The van der Waals surface area contributed by atoms with Crippen LogP contribution in [-0.2, 0) is 4.74 Å². The molecule has 0 spiro atoms. The summed E-state index contributed by atoms with van der Waals surface area (Å²) < 4.78 is 4.86. The Hall–Kier alpha value is -1.55. The number of benzene rings is 1. The maximum absolute atomic E-state index is 11.4. The molecule has 0 amide bonds. The molecule has 4 nitrogen and oxygen atoms in total. The minimum absolute atomic E-state index is 0.0677. The van der Waals surface area contributed by atoms with Gasteiger partial charge in [0.05, 0.1) is 0 Å². The van der Waals surface area contributed by atoms with E-state index in [4.69, 9.17) is 4.74 Å². The standard InChI is InChI=1S/C10H10O4/c1-5-9(12)6-3-2-4-7(11)8(6)10(13)14-5/h2-5,9,11-12H,1H3/t5-,9+/m1/s1. The first-order valence-electron chi connectivity index (χ1n) is 4.32. The molecule has 1 aromatic carbocycles. The summed E-state index contributed by atoms with van der Waals surface area (Å²) in [5, 5.41) is 19.1. The molecule has 0 unspecified atom stereocenters. The number of cyclic esters (lactones) is 1. The number of rotatable bonds is 0. The molecule has 14 heavy (non-hydrogen) atoms. The van der Waals surface area contributed by atoms with E-state index in [2.05, 4.69) is 0 Å². The molecule has 2 rings (SSSR count). The Morgan fingerprint density at radius 2 is 2.14 bits per heavy atom. The summed E-state index contributed by atoms with van der Waals surface area (Å²) in [6.07, 6.45) is -1.44. The molecule has 1 aromatic rings. The first-order valence-corrected chi connectivity index (χ1v) is 4.32. The van der Waals surface area contributed by atoms with Crippen molar-refractivity contribution in [2.45, 2.75) is 19.1 Å². The van der Waals surface area contributed by atoms with E-state index in [0.29, 0.717) is 5.56 Å². The molecule has 74 valence electrons. The third-order valence-corrected chi connectivity index (χ3v) is 2.34. The zero-order chi connectivity index (χ0) is 10.3. The number of carbonyl (C=O) groups is 1. The fourth-order valence-electron chi connectivity index (χ4n) is 1.57. The summed E-state index contributed by atoms with van der Waals surface area (Å²) in [4.78, 5) is 11.4. The van der Waals surface area contributed by atoms with Gasteiger partial charge in [0.2, 0.25) is 0 Å². The van der Waals surface area contributed by atoms with Gasteiger partial charge in [-0.1, -0.05) is 12.1 Å². The Kier molecular flexibility index (Phi) is 1.93. The summed E-state index contributed by atoms with van der Waals surface area (Å²) >= 11 is 0. The molecular weight excluding hydrogens is 184 g/mol. The van der Waals surface area contributed by atoms with Crippen LogP contribution in [0.5, 0.6) is 5.75 Å². The van der Waals surface area contributed by atoms with Crippen molar-refractivity contribution in [3.05, 3.63) is 29.3 Å². The highest BCUT2D eigenvalue weighted by atomic mass is 16.6. The molecule has 0 saturated carbocycles. The molecule has 2 atom stereocenters. The van der Waals surface area contributed by atoms with E-state index >= 15 is 0 Å². The Labute approximate surface area is 80.7 Å². The van der Waals surface area contributed by atoms with Crippen LogP contribution in [0.25, 0.3) is 0 Å². The number of aliphatic hydroxyl groups is 1. The lowest BCUT2D eigenvalue weighted by Crippen LogP contribution is -2.29. The highest BCUT2D eigenvalue weighted by Gasteiger charge is 2.33. The van der Waals surface area contributed by atoms with E-state index in [9.17, 15) is 15.0 Å². The Balaban J connectivity index is 2.61. The van der Waals surface area contributed by atoms with Crippen molar-refractivity contribution in [1.29, 1.82) is 0 Å². The fraction of sp³-hybridized carbons (Fsp3) is 0.300. The molecular formula is C10H10O4. The van der Waals surface area contributed by atoms with Crippen LogP contribution in [-0.4, -0.2) is 22.3 Å². The van der Waals surface area contributed by atoms with Crippen molar-refractivity contribution in [3.63, 3.8) is 0 Å². The number of phenols is 1. The molecule has 1 aliphatic heterocycles. The normalized spacial score (nSPS) is 25.4. The average molecular weight is 194 g/mol. The van der Waals surface area contributed by atoms with Crippen LogP contribution < -0.4 is 0 Å². The van der Waals surface area contributed by atoms with Crippen molar-refractivity contribution in [2.24, 2.45) is 0 Å². The Bertz CT molecular complexity index is 386. The minimum Gasteiger partial charge on any atom is -0.507 e. The maximum Gasteiger partial charge on any atom is 0.342 e. The molecule has 2 N–H and O–H groups in total. The zero-order valence-electron chi connectivity index (χ0n) is 7.60. The summed E-state index contributed by atoms with van der Waals surface area (Å²) in [5.74, 6) is -0.741. The minimum atomic E-state index is -0.866. The maximum atomic E-state index is 11.4. The molecule has 1 heterocycles. The number of hydrogen-bond acceptors (Lipinski definition) is 4. The van der Waals surface area contributed by atoms with E-state index in [0.717, 1.165) is 0 Å². The number of phenolic OH excluding ortho intramolecular Hbond substituents is 1. The first-order chi connectivity index (χ1) is 6.61. The van der Waals surface area contributed by atoms with Crippen molar-refractivity contribution < 1.29 is 19.7 Å². The molecule has 0 fully saturated rings. The lowest BCUT2D eigenvalue weighted by molar-refractivity contribution is -0.0216. The molecule has 4 heteroatoms. The number of aromatic hydroxyl groups is 1. The zero-order valence-corrected chi connectivity index (χ0v) is 7.60. The number of esters is 1. The molecule has 0 radical (unpaired) electrons. The van der Waals surface area contributed by atoms with Crippen LogP contribution in [0.3, 0.4) is 0 Å². The van der Waals surface area contributed by atoms with Crippen LogP contribution in [0.15, 0.2) is 18.2 Å². The predicted molar refractivity (Wildman–Crippen MR) is 47.9 cm³/mol. The van der Waals surface area contributed by atoms with Crippen molar-refractivity contribution in [1.82, 2.24) is 0 Å². The molecule has 0 aliphatic carbocycles. The van der Waals surface area contributed by atoms with E-state index in [1.54, 1.807) is 19.1 Å². The second-order valence-corrected chi connectivity index (χ2v) is 3.30. The van der Waals surface area contributed by atoms with Crippen LogP contribution in [0, 0.1) is 0 Å². The van der Waals surface area contributed by atoms with Gasteiger partial charge in [-0.25, -0.2) is 4.79 Å². The highest BCUT2D eigenvalue weighted by Crippen LogP contribution is 2.33. The third-order valence-electron chi connectivity index (χ3n) is 2.34. The number of hydrogen-bond donors (Lipinski definition) is 2. The van der Waals surface area contributed by atoms with Crippen LogP contribution >= 0.6 is 0 Å². The monoisotopic (exact) mass is 194 g/mol. The number of aliphatic hydroxyl groups excluding tert-OH is 1. The van der Waals surface area contributed by atoms with Gasteiger partial charge in [0, 0.05) is 5.56 Å². The predicted octanol–water partition coefficient (Wildman–Crippen LogP) is 0.984. The molecule has 0 aromatic heterocycles. The lowest BCUT2D eigenvalue weighted by Gasteiger charge is -2.27. The van der Waals surface area contributed by atoms with Gasteiger partial charge >= 0.3 is 5.97 Å². The Morgan fingerprint density at radius 1 is 1.43 bits per heavy atom. The topological polar surface area (TPSA) is 66.8 Å². The van der Waals surface area contributed by atoms with E-state index in [1.165, 1.54) is 6.07 Å². The van der Waals surface area contributed by atoms with Crippen molar-refractivity contribution in [2.75, 3.05) is 0 Å². The Morgan fingerprint density at radius 3 is 2.86 bits per heavy atom. The van der Waals surface area contributed by atoms with Gasteiger partial charge in [0.1, 0.15) is 23.5 Å². The second-order valence-electron chi connectivity index (χ2n) is 3.30. The van der Waals surface area contributed by atoms with Gasteiger partial charge in [-0.05, 0) is 13.0 Å². The van der Waals surface area contributed by atoms with E-state index in [-0.39, 0.29) is 11.3 Å². The van der Waals surface area contributed by atoms with Crippen molar-refractivity contribution >= 4 is 5.97 Å². The van der Waals surface area contributed by atoms with Crippen molar-refractivity contribution in [3.8, 4) is 5.75 Å². The molecule has 0 saturated heterocycles. The number of fused-ring (bicyclic) bond motifs is 1. The van der Waals surface area contributed by atoms with Crippen LogP contribution in [0.1, 0.15) is 28.9 Å². The first kappa shape index (κ1) is 9.02. The van der Waals surface area contributed by atoms with Gasteiger partial charge in [0.15, 0.2) is 0 Å². The average Bonchev–Trinajstić information content (AvgIpc) is 2.14. The van der Waals surface area contributed by atoms with Crippen LogP contribution in [0.2, 0.25) is 0 Å². The van der Waals surface area contributed by atoms with E-state index in [1.807, 2.05) is 0 Å². The second kappa shape index (κ2) is 2.99. The largest absolute Gasteiger partial charge is 0.507 e. The quantitative estimate of drug-likeness (QED) is 0.604. The molecule has 0 bridgehead atoms. The third kappa shape index (κ3) is 1.15. The fourth-order valence-corrected chi connectivity index (χ4v) is 1.57. The smallest absolute Gasteiger partial charge is 0.342 e. The lowest BCUT2D eigenvalue weighted by atomic mass is 9.96. The number of ether oxygens (including phenoxy) is 1. The number of carbonyl (C=O) groups excluding carboxylic acids is 1. The summed E-state index contributed by atoms with van der Waals surface area (Å²) in [6.45, 7) is 1.61. The van der Waals surface area contributed by atoms with Gasteiger partial charge in [-0.2, -0.15) is 0 Å². The SMILES string of the molecule is C[C@H]1OC(=O)c2c(O)cccc2[C@H]1O. The van der Waals surface area contributed by atoms with Gasteiger partial charge in [-0.15, -0.1) is 0 Å². The van der Waals surface area contributed by atoms with Gasteiger partial charge in [0.25, 0.3) is 0 Å². The highest BCUT2D eigenvalue weighted by molar-refractivity contribution is 5.95. The molecule has 1 aliphatic rings. The van der Waals surface area contributed by atoms with Crippen LogP contribution in [0.4, 0.5) is 0 Å². The summed E-state index contributed by atoms with van der Waals surface area (Å²) in [7, 11) is 0.